The Labute approximate surface area is 145 Å². The van der Waals surface area contributed by atoms with Gasteiger partial charge < -0.3 is 10.4 Å². The van der Waals surface area contributed by atoms with E-state index in [0.717, 1.165) is 23.8 Å². The van der Waals surface area contributed by atoms with Crippen LogP contribution < -0.4 is 15.9 Å². The lowest BCUT2D eigenvalue weighted by molar-refractivity contribution is 0.474. The standard InChI is InChI=1S/C21H22NOP/c1-22-15-18-10-5-6-12-19(18)24-20-13-7-11-17(21(20)23)14-16-8-3-2-4-9-16/h2-13,22-24H,14-15H2,1H3. The summed E-state index contributed by atoms with van der Waals surface area (Å²) in [6, 6.07) is 24.8. The molecule has 0 aromatic heterocycles. The van der Waals surface area contributed by atoms with Crippen molar-refractivity contribution in [3.8, 4) is 5.75 Å². The van der Waals surface area contributed by atoms with E-state index >= 15 is 0 Å². The predicted octanol–water partition coefficient (Wildman–Crippen LogP) is 3.33. The molecule has 3 heteroatoms. The van der Waals surface area contributed by atoms with Crippen molar-refractivity contribution in [2.75, 3.05) is 7.05 Å². The lowest BCUT2D eigenvalue weighted by Gasteiger charge is -2.13. The summed E-state index contributed by atoms with van der Waals surface area (Å²) in [6.07, 6.45) is 0.753. The van der Waals surface area contributed by atoms with E-state index in [2.05, 4.69) is 41.7 Å². The van der Waals surface area contributed by atoms with Crippen LogP contribution in [0, 0.1) is 0 Å². The molecule has 0 amide bonds. The number of phenolic OH excluding ortho intramolecular Hbond substituents is 1. The van der Waals surface area contributed by atoms with Crippen LogP contribution >= 0.6 is 8.58 Å². The molecule has 1 atom stereocenters. The Morgan fingerprint density at radius 1 is 0.792 bits per heavy atom. The molecule has 2 nitrogen and oxygen atoms in total. The molecule has 0 aliphatic carbocycles. The third kappa shape index (κ3) is 4.03. The van der Waals surface area contributed by atoms with E-state index in [1.54, 1.807) is 0 Å². The first-order chi connectivity index (χ1) is 11.8. The van der Waals surface area contributed by atoms with Crippen molar-refractivity contribution >= 4 is 19.2 Å². The minimum Gasteiger partial charge on any atom is -0.507 e. The molecule has 3 aromatic rings. The summed E-state index contributed by atoms with van der Waals surface area (Å²) in [5.74, 6) is 0.430. The van der Waals surface area contributed by atoms with Crippen LogP contribution in [-0.2, 0) is 13.0 Å². The molecule has 122 valence electrons. The normalized spacial score (nSPS) is 11.2. The lowest BCUT2D eigenvalue weighted by Crippen LogP contribution is -2.15. The summed E-state index contributed by atoms with van der Waals surface area (Å²) < 4.78 is 0. The van der Waals surface area contributed by atoms with Crippen molar-refractivity contribution < 1.29 is 5.11 Å². The van der Waals surface area contributed by atoms with Gasteiger partial charge in [0.25, 0.3) is 0 Å². The van der Waals surface area contributed by atoms with Gasteiger partial charge in [-0.2, -0.15) is 0 Å². The van der Waals surface area contributed by atoms with Gasteiger partial charge in [-0.05, 0) is 29.0 Å². The number of hydrogen-bond acceptors (Lipinski definition) is 2. The smallest absolute Gasteiger partial charge is 0.126 e. The minimum atomic E-state index is 0.430. The highest BCUT2D eigenvalue weighted by molar-refractivity contribution is 7.55. The Hall–Kier alpha value is -2.15. The molecule has 0 saturated carbocycles. The zero-order valence-corrected chi connectivity index (χ0v) is 14.8. The van der Waals surface area contributed by atoms with Crippen LogP contribution in [0.2, 0.25) is 0 Å². The molecule has 0 radical (unpaired) electrons. The average molecular weight is 335 g/mol. The topological polar surface area (TPSA) is 32.3 Å². The van der Waals surface area contributed by atoms with Gasteiger partial charge in [-0.25, -0.2) is 0 Å². The van der Waals surface area contributed by atoms with Gasteiger partial charge in [0, 0.05) is 18.3 Å². The maximum Gasteiger partial charge on any atom is 0.126 e. The third-order valence-electron chi connectivity index (χ3n) is 4.01. The van der Waals surface area contributed by atoms with Crippen molar-refractivity contribution in [2.45, 2.75) is 13.0 Å². The van der Waals surface area contributed by atoms with E-state index in [0.29, 0.717) is 14.3 Å². The zero-order chi connectivity index (χ0) is 16.8. The Kier molecular flexibility index (Phi) is 5.63. The SMILES string of the molecule is CNCc1ccccc1Pc1cccc(Cc2ccccc2)c1O. The highest BCUT2D eigenvalue weighted by Crippen LogP contribution is 2.25. The van der Waals surface area contributed by atoms with Crippen LogP contribution in [0.5, 0.6) is 5.75 Å². The van der Waals surface area contributed by atoms with Gasteiger partial charge >= 0.3 is 0 Å². The molecule has 24 heavy (non-hydrogen) atoms. The molecule has 0 fully saturated rings. The molecular formula is C21H22NOP. The van der Waals surface area contributed by atoms with Crippen LogP contribution in [-0.4, -0.2) is 12.2 Å². The predicted molar refractivity (Wildman–Crippen MR) is 104 cm³/mol. The number of aromatic hydroxyl groups is 1. The molecule has 1 unspecified atom stereocenters. The Balaban J connectivity index is 1.86. The van der Waals surface area contributed by atoms with Crippen molar-refractivity contribution in [1.82, 2.24) is 5.32 Å². The van der Waals surface area contributed by atoms with E-state index < -0.39 is 0 Å². The molecule has 0 saturated heterocycles. The second-order valence-corrected chi connectivity index (χ2v) is 7.12. The fourth-order valence-corrected chi connectivity index (χ4v) is 4.04. The monoisotopic (exact) mass is 335 g/mol. The minimum absolute atomic E-state index is 0.430. The molecule has 3 rings (SSSR count). The largest absolute Gasteiger partial charge is 0.507 e. The molecule has 0 bridgehead atoms. The van der Waals surface area contributed by atoms with E-state index in [1.165, 1.54) is 16.4 Å². The summed E-state index contributed by atoms with van der Waals surface area (Å²) in [4.78, 5) is 0. The summed E-state index contributed by atoms with van der Waals surface area (Å²) in [5.41, 5.74) is 3.48. The number of benzene rings is 3. The molecule has 3 aromatic carbocycles. The number of rotatable bonds is 6. The van der Waals surface area contributed by atoms with E-state index in [4.69, 9.17) is 0 Å². The van der Waals surface area contributed by atoms with Crippen LogP contribution in [0.3, 0.4) is 0 Å². The fourth-order valence-electron chi connectivity index (χ4n) is 2.78. The maximum atomic E-state index is 10.7. The molecular weight excluding hydrogens is 313 g/mol. The van der Waals surface area contributed by atoms with Gasteiger partial charge in [0.05, 0.1) is 0 Å². The van der Waals surface area contributed by atoms with Crippen molar-refractivity contribution in [3.63, 3.8) is 0 Å². The van der Waals surface area contributed by atoms with E-state index in [-0.39, 0.29) is 0 Å². The fraction of sp³-hybridized carbons (Fsp3) is 0.143. The van der Waals surface area contributed by atoms with Crippen LogP contribution in [0.1, 0.15) is 16.7 Å². The van der Waals surface area contributed by atoms with Gasteiger partial charge in [0.15, 0.2) is 0 Å². The van der Waals surface area contributed by atoms with E-state index in [9.17, 15) is 5.11 Å². The van der Waals surface area contributed by atoms with Crippen LogP contribution in [0.25, 0.3) is 0 Å². The lowest BCUT2D eigenvalue weighted by atomic mass is 10.0. The summed E-state index contributed by atoms with van der Waals surface area (Å²) in [6.45, 7) is 0.841. The molecule has 0 spiro atoms. The molecule has 0 heterocycles. The van der Waals surface area contributed by atoms with Crippen LogP contribution in [0.4, 0.5) is 0 Å². The van der Waals surface area contributed by atoms with E-state index in [1.807, 2.05) is 43.4 Å². The average Bonchev–Trinajstić information content (AvgIpc) is 2.61. The molecule has 2 N–H and O–H groups in total. The quantitative estimate of drug-likeness (QED) is 0.677. The van der Waals surface area contributed by atoms with Gasteiger partial charge in [-0.1, -0.05) is 81.4 Å². The highest BCUT2D eigenvalue weighted by Gasteiger charge is 2.10. The summed E-state index contributed by atoms with van der Waals surface area (Å²) >= 11 is 0. The highest BCUT2D eigenvalue weighted by atomic mass is 31.1. The van der Waals surface area contributed by atoms with Crippen molar-refractivity contribution in [3.05, 3.63) is 89.5 Å². The molecule has 0 aliphatic heterocycles. The van der Waals surface area contributed by atoms with Crippen LogP contribution in [0.15, 0.2) is 72.8 Å². The van der Waals surface area contributed by atoms with Gasteiger partial charge in [0.1, 0.15) is 5.75 Å². The Bertz CT molecular complexity index is 802. The number of nitrogens with one attached hydrogen (secondary N) is 1. The van der Waals surface area contributed by atoms with Gasteiger partial charge in [-0.15, -0.1) is 0 Å². The summed E-state index contributed by atoms with van der Waals surface area (Å²) in [7, 11) is 2.41. The third-order valence-corrected chi connectivity index (χ3v) is 5.44. The Morgan fingerprint density at radius 2 is 1.46 bits per heavy atom. The Morgan fingerprint density at radius 3 is 2.25 bits per heavy atom. The number of hydrogen-bond donors (Lipinski definition) is 2. The second kappa shape index (κ2) is 8.10. The van der Waals surface area contributed by atoms with Gasteiger partial charge in [-0.3, -0.25) is 0 Å². The second-order valence-electron chi connectivity index (χ2n) is 5.79. The number of para-hydroxylation sites is 1. The molecule has 0 aliphatic rings. The van der Waals surface area contributed by atoms with Crippen molar-refractivity contribution in [2.24, 2.45) is 0 Å². The first-order valence-electron chi connectivity index (χ1n) is 8.12. The van der Waals surface area contributed by atoms with Gasteiger partial charge in [0.2, 0.25) is 0 Å². The first-order valence-corrected chi connectivity index (χ1v) is 9.12. The van der Waals surface area contributed by atoms with Crippen molar-refractivity contribution in [1.29, 1.82) is 0 Å². The first kappa shape index (κ1) is 16.7. The maximum absolute atomic E-state index is 10.7. The summed E-state index contributed by atoms with van der Waals surface area (Å²) in [5, 5.41) is 16.2. The number of phenols is 1. The zero-order valence-electron chi connectivity index (χ0n) is 13.8.